The molecule has 8 heteroatoms. The minimum atomic E-state index is -0.569. The molecular formula is C34H34N4O4. The lowest BCUT2D eigenvalue weighted by Crippen LogP contribution is -2.32. The van der Waals surface area contributed by atoms with E-state index in [-0.39, 0.29) is 5.70 Å². The van der Waals surface area contributed by atoms with Gasteiger partial charge in [0.15, 0.2) is 11.5 Å². The molecule has 0 atom stereocenters. The van der Waals surface area contributed by atoms with Gasteiger partial charge in [-0.2, -0.15) is 5.10 Å². The maximum atomic E-state index is 13.2. The number of benzene rings is 4. The molecule has 4 aromatic carbocycles. The molecule has 0 fully saturated rings. The van der Waals surface area contributed by atoms with E-state index in [1.165, 1.54) is 6.21 Å². The Hall–Kier alpha value is -5.37. The van der Waals surface area contributed by atoms with E-state index < -0.39 is 11.8 Å². The molecule has 0 aromatic heterocycles. The Labute approximate surface area is 246 Å². The first-order chi connectivity index (χ1) is 20.4. The summed E-state index contributed by atoms with van der Waals surface area (Å²) in [4.78, 5) is 28.0. The maximum absolute atomic E-state index is 13.2. The Morgan fingerprint density at radius 1 is 0.810 bits per heavy atom. The number of rotatable bonds is 12. The van der Waals surface area contributed by atoms with Gasteiger partial charge in [0.1, 0.15) is 12.3 Å². The molecule has 0 heterocycles. The Bertz CT molecular complexity index is 1530. The molecule has 2 N–H and O–H groups in total. The summed E-state index contributed by atoms with van der Waals surface area (Å²) in [5.74, 6) is 0.204. The smallest absolute Gasteiger partial charge is 0.287 e. The lowest BCUT2D eigenvalue weighted by Gasteiger charge is -2.13. The first-order valence-corrected chi connectivity index (χ1v) is 13.6. The second kappa shape index (κ2) is 14.9. The zero-order chi connectivity index (χ0) is 29.7. The molecule has 0 spiro atoms. The minimum absolute atomic E-state index is 0.0540. The molecule has 42 heavy (non-hydrogen) atoms. The Morgan fingerprint density at radius 3 is 2.14 bits per heavy atom. The number of hydrogen-bond donors (Lipinski definition) is 2. The number of anilines is 1. The van der Waals surface area contributed by atoms with Crippen molar-refractivity contribution >= 4 is 29.8 Å². The lowest BCUT2D eigenvalue weighted by atomic mass is 10.1. The van der Waals surface area contributed by atoms with E-state index >= 15 is 0 Å². The van der Waals surface area contributed by atoms with Crippen molar-refractivity contribution in [2.75, 3.05) is 25.6 Å². The third-order valence-electron chi connectivity index (χ3n) is 6.13. The van der Waals surface area contributed by atoms with Crippen molar-refractivity contribution in [2.24, 2.45) is 5.10 Å². The summed E-state index contributed by atoms with van der Waals surface area (Å²) in [5, 5.41) is 6.84. The first-order valence-electron chi connectivity index (χ1n) is 13.6. The minimum Gasteiger partial charge on any atom is -0.490 e. The SMILES string of the molecule is CCOc1cc(/C=N/NC(=O)/C(=C\c2ccc(N(C)C)cc2)NC(=O)c2ccccc2)ccc1OCc1ccccc1. The number of carbonyl (C=O) groups is 2. The van der Waals surface area contributed by atoms with Crippen LogP contribution in [-0.2, 0) is 11.4 Å². The molecule has 0 bridgehead atoms. The molecule has 2 amide bonds. The average Bonchev–Trinajstić information content (AvgIpc) is 3.01. The molecule has 8 nitrogen and oxygen atoms in total. The van der Waals surface area contributed by atoms with Crippen LogP contribution < -0.4 is 25.1 Å². The second-order valence-corrected chi connectivity index (χ2v) is 9.48. The summed E-state index contributed by atoms with van der Waals surface area (Å²) in [6, 6.07) is 31.6. The number of hydrogen-bond acceptors (Lipinski definition) is 6. The fourth-order valence-electron chi connectivity index (χ4n) is 3.93. The van der Waals surface area contributed by atoms with Crippen molar-refractivity contribution in [3.05, 3.63) is 131 Å². The van der Waals surface area contributed by atoms with Crippen molar-refractivity contribution in [1.29, 1.82) is 0 Å². The van der Waals surface area contributed by atoms with Gasteiger partial charge in [-0.25, -0.2) is 5.43 Å². The van der Waals surface area contributed by atoms with Crippen LogP contribution in [-0.4, -0.2) is 38.7 Å². The number of nitrogens with zero attached hydrogens (tertiary/aromatic N) is 2. The van der Waals surface area contributed by atoms with Crippen LogP contribution in [0.25, 0.3) is 6.08 Å². The molecule has 0 aliphatic rings. The van der Waals surface area contributed by atoms with Crippen molar-refractivity contribution in [3.63, 3.8) is 0 Å². The number of nitrogens with one attached hydrogen (secondary N) is 2. The zero-order valence-electron chi connectivity index (χ0n) is 23.9. The Morgan fingerprint density at radius 2 is 1.48 bits per heavy atom. The van der Waals surface area contributed by atoms with Gasteiger partial charge in [-0.05, 0) is 72.2 Å². The van der Waals surface area contributed by atoms with Gasteiger partial charge in [0.25, 0.3) is 11.8 Å². The topological polar surface area (TPSA) is 92.3 Å². The first kappa shape index (κ1) is 29.6. The van der Waals surface area contributed by atoms with Gasteiger partial charge in [-0.3, -0.25) is 9.59 Å². The van der Waals surface area contributed by atoms with E-state index in [1.807, 2.05) is 92.6 Å². The standard InChI is InChI=1S/C34H34N4O4/c1-4-41-32-22-27(17-20-31(32)42-24-26-11-7-5-8-12-26)23-35-37-34(40)30(36-33(39)28-13-9-6-10-14-28)21-25-15-18-29(19-16-25)38(2)3/h5-23H,4,24H2,1-3H3,(H,36,39)(H,37,40)/b30-21+,35-23+. The maximum Gasteiger partial charge on any atom is 0.287 e. The van der Waals surface area contributed by atoms with Crippen LogP contribution in [0.1, 0.15) is 34.0 Å². The number of ether oxygens (including phenoxy) is 2. The van der Waals surface area contributed by atoms with Crippen LogP contribution in [0, 0.1) is 0 Å². The number of amides is 2. The monoisotopic (exact) mass is 562 g/mol. The third kappa shape index (κ3) is 8.56. The fourth-order valence-corrected chi connectivity index (χ4v) is 3.93. The molecule has 0 saturated heterocycles. The molecule has 0 unspecified atom stereocenters. The molecule has 0 aliphatic heterocycles. The van der Waals surface area contributed by atoms with Crippen LogP contribution in [0.15, 0.2) is 114 Å². The largest absolute Gasteiger partial charge is 0.490 e. The van der Waals surface area contributed by atoms with Gasteiger partial charge >= 0.3 is 0 Å². The number of carbonyl (C=O) groups excluding carboxylic acids is 2. The molecule has 4 aromatic rings. The molecule has 4 rings (SSSR count). The molecular weight excluding hydrogens is 528 g/mol. The predicted molar refractivity (Wildman–Crippen MR) is 167 cm³/mol. The summed E-state index contributed by atoms with van der Waals surface area (Å²) >= 11 is 0. The van der Waals surface area contributed by atoms with Crippen molar-refractivity contribution in [2.45, 2.75) is 13.5 Å². The van der Waals surface area contributed by atoms with Gasteiger partial charge in [0, 0.05) is 25.3 Å². The fraction of sp³-hybridized carbons (Fsp3) is 0.147. The highest BCUT2D eigenvalue weighted by Crippen LogP contribution is 2.29. The average molecular weight is 563 g/mol. The Kier molecular flexibility index (Phi) is 10.5. The summed E-state index contributed by atoms with van der Waals surface area (Å²) in [7, 11) is 3.90. The van der Waals surface area contributed by atoms with Crippen LogP contribution in [0.5, 0.6) is 11.5 Å². The van der Waals surface area contributed by atoms with Crippen LogP contribution >= 0.6 is 0 Å². The molecule has 0 saturated carbocycles. The van der Waals surface area contributed by atoms with E-state index in [0.29, 0.717) is 35.8 Å². The second-order valence-electron chi connectivity index (χ2n) is 9.48. The van der Waals surface area contributed by atoms with E-state index in [4.69, 9.17) is 9.47 Å². The van der Waals surface area contributed by atoms with Crippen molar-refractivity contribution in [1.82, 2.24) is 10.7 Å². The van der Waals surface area contributed by atoms with Gasteiger partial charge in [0.05, 0.1) is 12.8 Å². The van der Waals surface area contributed by atoms with E-state index in [1.54, 1.807) is 42.5 Å². The lowest BCUT2D eigenvalue weighted by molar-refractivity contribution is -0.117. The summed E-state index contributed by atoms with van der Waals surface area (Å²) in [6.45, 7) is 2.77. The van der Waals surface area contributed by atoms with Crippen molar-refractivity contribution in [3.8, 4) is 11.5 Å². The quantitative estimate of drug-likeness (QED) is 0.132. The Balaban J connectivity index is 1.49. The van der Waals surface area contributed by atoms with E-state index in [2.05, 4.69) is 15.8 Å². The summed E-state index contributed by atoms with van der Waals surface area (Å²) in [6.07, 6.45) is 3.11. The third-order valence-corrected chi connectivity index (χ3v) is 6.13. The predicted octanol–water partition coefficient (Wildman–Crippen LogP) is 5.65. The number of hydrazone groups is 1. The summed E-state index contributed by atoms with van der Waals surface area (Å²) < 4.78 is 11.7. The zero-order valence-corrected chi connectivity index (χ0v) is 23.9. The van der Waals surface area contributed by atoms with Crippen LogP contribution in [0.4, 0.5) is 5.69 Å². The van der Waals surface area contributed by atoms with Gasteiger partial charge in [-0.15, -0.1) is 0 Å². The van der Waals surface area contributed by atoms with Gasteiger partial charge in [-0.1, -0.05) is 60.7 Å². The van der Waals surface area contributed by atoms with Crippen LogP contribution in [0.3, 0.4) is 0 Å². The van der Waals surface area contributed by atoms with Crippen LogP contribution in [0.2, 0.25) is 0 Å². The van der Waals surface area contributed by atoms with Crippen molar-refractivity contribution < 1.29 is 19.1 Å². The molecule has 214 valence electrons. The molecule has 0 aliphatic carbocycles. The molecule has 0 radical (unpaired) electrons. The highest BCUT2D eigenvalue weighted by atomic mass is 16.5. The van der Waals surface area contributed by atoms with E-state index in [0.717, 1.165) is 16.8 Å². The highest BCUT2D eigenvalue weighted by Gasteiger charge is 2.14. The van der Waals surface area contributed by atoms with Gasteiger partial charge < -0.3 is 19.7 Å². The van der Waals surface area contributed by atoms with E-state index in [9.17, 15) is 9.59 Å². The normalized spacial score (nSPS) is 11.2. The highest BCUT2D eigenvalue weighted by molar-refractivity contribution is 6.05. The van der Waals surface area contributed by atoms with Gasteiger partial charge in [0.2, 0.25) is 0 Å². The summed E-state index contributed by atoms with van der Waals surface area (Å²) in [5.41, 5.74) is 6.51.